The van der Waals surface area contributed by atoms with Crippen LogP contribution < -0.4 is 5.32 Å². The molecule has 0 aliphatic heterocycles. The molecular formula is C14H18ClNO2. The first-order valence-electron chi connectivity index (χ1n) is 6.29. The normalized spacial score (nSPS) is 27.8. The van der Waals surface area contributed by atoms with E-state index in [1.165, 1.54) is 0 Å². The summed E-state index contributed by atoms with van der Waals surface area (Å²) in [6.07, 6.45) is 2.89. The van der Waals surface area contributed by atoms with Gasteiger partial charge in [-0.25, -0.2) is 0 Å². The van der Waals surface area contributed by atoms with Crippen molar-refractivity contribution in [1.82, 2.24) is 5.32 Å². The molecule has 0 radical (unpaired) electrons. The minimum absolute atomic E-state index is 0.0820. The molecule has 2 unspecified atom stereocenters. The van der Waals surface area contributed by atoms with Crippen molar-refractivity contribution < 1.29 is 9.90 Å². The molecule has 1 amide bonds. The molecule has 2 rings (SSSR count). The Hall–Kier alpha value is -1.06. The van der Waals surface area contributed by atoms with Crippen molar-refractivity contribution in [3.05, 3.63) is 35.9 Å². The second-order valence-corrected chi connectivity index (χ2v) is 5.05. The molecule has 0 heterocycles. The van der Waals surface area contributed by atoms with Gasteiger partial charge in [0.1, 0.15) is 5.88 Å². The predicted molar refractivity (Wildman–Crippen MR) is 71.5 cm³/mol. The van der Waals surface area contributed by atoms with Crippen LogP contribution in [0.4, 0.5) is 0 Å². The molecule has 4 heteroatoms. The van der Waals surface area contributed by atoms with Gasteiger partial charge in [0.15, 0.2) is 0 Å². The fraction of sp³-hybridized carbons (Fsp3) is 0.500. The summed E-state index contributed by atoms with van der Waals surface area (Å²) in [7, 11) is 0. The zero-order chi connectivity index (χ0) is 13.0. The van der Waals surface area contributed by atoms with E-state index in [1.54, 1.807) is 0 Å². The number of aliphatic hydroxyl groups is 1. The molecule has 2 atom stereocenters. The first kappa shape index (κ1) is 13.4. The van der Waals surface area contributed by atoms with Crippen molar-refractivity contribution in [3.8, 4) is 0 Å². The molecule has 0 saturated heterocycles. The van der Waals surface area contributed by atoms with E-state index in [0.717, 1.165) is 24.8 Å². The SMILES string of the molecule is O=C(CCl)NC1(c2ccccc2)CCCCC1O. The van der Waals surface area contributed by atoms with Gasteiger partial charge in [-0.1, -0.05) is 43.2 Å². The maximum atomic E-state index is 11.6. The number of carbonyl (C=O) groups is 1. The number of benzene rings is 1. The van der Waals surface area contributed by atoms with Crippen LogP contribution in [-0.2, 0) is 10.3 Å². The van der Waals surface area contributed by atoms with Crippen molar-refractivity contribution in [2.24, 2.45) is 0 Å². The van der Waals surface area contributed by atoms with Crippen molar-refractivity contribution in [1.29, 1.82) is 0 Å². The zero-order valence-corrected chi connectivity index (χ0v) is 11.0. The summed E-state index contributed by atoms with van der Waals surface area (Å²) < 4.78 is 0. The monoisotopic (exact) mass is 267 g/mol. The summed E-state index contributed by atoms with van der Waals surface area (Å²) in [5.74, 6) is -0.317. The van der Waals surface area contributed by atoms with Crippen molar-refractivity contribution >= 4 is 17.5 Å². The fourth-order valence-corrected chi connectivity index (χ4v) is 2.79. The topological polar surface area (TPSA) is 49.3 Å². The van der Waals surface area contributed by atoms with Gasteiger partial charge in [0.05, 0.1) is 11.6 Å². The van der Waals surface area contributed by atoms with E-state index in [-0.39, 0.29) is 11.8 Å². The lowest BCUT2D eigenvalue weighted by Gasteiger charge is -2.42. The first-order valence-corrected chi connectivity index (χ1v) is 6.83. The van der Waals surface area contributed by atoms with Gasteiger partial charge in [0.2, 0.25) is 5.91 Å². The van der Waals surface area contributed by atoms with E-state index >= 15 is 0 Å². The van der Waals surface area contributed by atoms with Crippen molar-refractivity contribution in [3.63, 3.8) is 0 Å². The molecule has 1 fully saturated rings. The largest absolute Gasteiger partial charge is 0.390 e. The molecule has 98 valence electrons. The summed E-state index contributed by atoms with van der Waals surface area (Å²) in [6.45, 7) is 0. The molecule has 1 saturated carbocycles. The van der Waals surface area contributed by atoms with Crippen molar-refractivity contribution in [2.45, 2.75) is 37.3 Å². The van der Waals surface area contributed by atoms with Crippen LogP contribution in [0.3, 0.4) is 0 Å². The molecular weight excluding hydrogens is 250 g/mol. The summed E-state index contributed by atoms with van der Waals surface area (Å²) in [6, 6.07) is 9.67. The Morgan fingerprint density at radius 2 is 2.11 bits per heavy atom. The summed E-state index contributed by atoms with van der Waals surface area (Å²) >= 11 is 5.57. The third kappa shape index (κ3) is 2.52. The Morgan fingerprint density at radius 1 is 1.39 bits per heavy atom. The Bertz CT molecular complexity index is 410. The van der Waals surface area contributed by atoms with Gasteiger partial charge in [-0.2, -0.15) is 0 Å². The molecule has 0 aromatic heterocycles. The highest BCUT2D eigenvalue weighted by molar-refractivity contribution is 6.27. The summed E-state index contributed by atoms with van der Waals surface area (Å²) in [5, 5.41) is 13.3. The lowest BCUT2D eigenvalue weighted by molar-refractivity contribution is -0.123. The van der Waals surface area contributed by atoms with Crippen LogP contribution in [0, 0.1) is 0 Å². The molecule has 1 aromatic carbocycles. The maximum Gasteiger partial charge on any atom is 0.235 e. The lowest BCUT2D eigenvalue weighted by atomic mass is 9.74. The second kappa shape index (κ2) is 5.72. The van der Waals surface area contributed by atoms with E-state index < -0.39 is 11.6 Å². The highest BCUT2D eigenvalue weighted by Gasteiger charge is 2.42. The van der Waals surface area contributed by atoms with Gasteiger partial charge in [0.25, 0.3) is 0 Å². The van der Waals surface area contributed by atoms with Crippen LogP contribution in [0.25, 0.3) is 0 Å². The predicted octanol–water partition coefficient (Wildman–Crippen LogP) is 2.17. The molecule has 1 aliphatic rings. The van der Waals surface area contributed by atoms with Crippen molar-refractivity contribution in [2.75, 3.05) is 5.88 Å². The number of hydrogen-bond donors (Lipinski definition) is 2. The molecule has 1 aromatic rings. The third-order valence-corrected chi connectivity index (χ3v) is 3.88. The summed E-state index contributed by atoms with van der Waals surface area (Å²) in [4.78, 5) is 11.6. The molecule has 0 spiro atoms. The van der Waals surface area contributed by atoms with Gasteiger partial charge >= 0.3 is 0 Å². The Balaban J connectivity index is 2.35. The number of carbonyl (C=O) groups excluding carboxylic acids is 1. The molecule has 2 N–H and O–H groups in total. The Kier molecular flexibility index (Phi) is 4.25. The van der Waals surface area contributed by atoms with E-state index in [4.69, 9.17) is 11.6 Å². The average Bonchev–Trinajstić information content (AvgIpc) is 2.42. The van der Waals surface area contributed by atoms with E-state index in [1.807, 2.05) is 30.3 Å². The number of amides is 1. The number of halogens is 1. The van der Waals surface area contributed by atoms with E-state index in [0.29, 0.717) is 6.42 Å². The van der Waals surface area contributed by atoms with Gasteiger partial charge in [-0.3, -0.25) is 4.79 Å². The molecule has 0 bridgehead atoms. The molecule has 3 nitrogen and oxygen atoms in total. The van der Waals surface area contributed by atoms with Crippen LogP contribution in [0.5, 0.6) is 0 Å². The standard InChI is InChI=1S/C14H18ClNO2/c15-10-13(18)16-14(9-5-4-8-12(14)17)11-6-2-1-3-7-11/h1-3,6-7,12,17H,4-5,8-10H2,(H,16,18). The second-order valence-electron chi connectivity index (χ2n) is 4.78. The third-order valence-electron chi connectivity index (χ3n) is 3.64. The van der Waals surface area contributed by atoms with Crippen LogP contribution in [0.15, 0.2) is 30.3 Å². The minimum Gasteiger partial charge on any atom is -0.390 e. The zero-order valence-electron chi connectivity index (χ0n) is 10.2. The number of alkyl halides is 1. The van der Waals surface area contributed by atoms with Gasteiger partial charge in [-0.15, -0.1) is 11.6 Å². The number of aliphatic hydroxyl groups excluding tert-OH is 1. The van der Waals surface area contributed by atoms with E-state index in [2.05, 4.69) is 5.32 Å². The smallest absolute Gasteiger partial charge is 0.235 e. The quantitative estimate of drug-likeness (QED) is 0.825. The van der Waals surface area contributed by atoms with Gasteiger partial charge in [0, 0.05) is 0 Å². The van der Waals surface area contributed by atoms with Gasteiger partial charge < -0.3 is 10.4 Å². The van der Waals surface area contributed by atoms with E-state index in [9.17, 15) is 9.90 Å². The highest BCUT2D eigenvalue weighted by Crippen LogP contribution is 2.37. The summed E-state index contributed by atoms with van der Waals surface area (Å²) in [5.41, 5.74) is 0.279. The lowest BCUT2D eigenvalue weighted by Crippen LogP contribution is -2.55. The van der Waals surface area contributed by atoms with Crippen LogP contribution in [0.1, 0.15) is 31.2 Å². The van der Waals surface area contributed by atoms with Crippen LogP contribution >= 0.6 is 11.6 Å². The average molecular weight is 268 g/mol. The van der Waals surface area contributed by atoms with Crippen LogP contribution in [0.2, 0.25) is 0 Å². The highest BCUT2D eigenvalue weighted by atomic mass is 35.5. The first-order chi connectivity index (χ1) is 8.69. The van der Waals surface area contributed by atoms with Gasteiger partial charge in [-0.05, 0) is 18.4 Å². The molecule has 18 heavy (non-hydrogen) atoms. The molecule has 1 aliphatic carbocycles. The van der Waals surface area contributed by atoms with Crippen LogP contribution in [-0.4, -0.2) is 23.0 Å². The maximum absolute atomic E-state index is 11.6. The Morgan fingerprint density at radius 3 is 2.72 bits per heavy atom. The fourth-order valence-electron chi connectivity index (χ4n) is 2.73. The number of nitrogens with one attached hydrogen (secondary N) is 1. The Labute approximate surface area is 112 Å². The number of rotatable bonds is 3. The number of hydrogen-bond acceptors (Lipinski definition) is 2. The minimum atomic E-state index is -0.675.